The molecular formula is C15H21N3O5. The minimum absolute atomic E-state index is 0.0610. The van der Waals surface area contributed by atoms with Crippen LogP contribution in [0.2, 0.25) is 0 Å². The molecule has 23 heavy (non-hydrogen) atoms. The molecule has 1 N–H and O–H groups in total. The third-order valence-electron chi connectivity index (χ3n) is 4.94. The summed E-state index contributed by atoms with van der Waals surface area (Å²) in [4.78, 5) is 36.2. The predicted octanol–water partition coefficient (Wildman–Crippen LogP) is -1.14. The largest absolute Gasteiger partial charge is 0.384 e. The van der Waals surface area contributed by atoms with Gasteiger partial charge in [-0.05, 0) is 6.42 Å². The first-order chi connectivity index (χ1) is 11.0. The molecule has 0 unspecified atom stereocenters. The van der Waals surface area contributed by atoms with E-state index in [1.54, 1.807) is 7.11 Å². The number of carbonyl (C=O) groups excluding carboxylic acids is 1. The van der Waals surface area contributed by atoms with Gasteiger partial charge in [-0.3, -0.25) is 18.7 Å². The van der Waals surface area contributed by atoms with E-state index in [1.165, 1.54) is 24.7 Å². The fraction of sp³-hybridized carbons (Fsp3) is 0.667. The van der Waals surface area contributed by atoms with Crippen molar-refractivity contribution in [2.45, 2.75) is 18.6 Å². The maximum Gasteiger partial charge on any atom is 0.331 e. The third kappa shape index (κ3) is 2.51. The molecular weight excluding hydrogens is 302 g/mol. The van der Waals surface area contributed by atoms with Crippen molar-refractivity contribution in [3.8, 4) is 0 Å². The SMILES string of the molecule is COC[C@@H]1[C@@H](NC(=O)c2cc(=O)n(C)c(=O)n2C)[C@@H]2CCO[C@H]12. The van der Waals surface area contributed by atoms with Gasteiger partial charge in [0.1, 0.15) is 5.69 Å². The second kappa shape index (κ2) is 5.93. The van der Waals surface area contributed by atoms with E-state index in [2.05, 4.69) is 5.32 Å². The Labute approximate surface area is 133 Å². The van der Waals surface area contributed by atoms with Crippen LogP contribution in [0.4, 0.5) is 0 Å². The zero-order chi connectivity index (χ0) is 16.7. The number of hydrogen-bond donors (Lipinski definition) is 1. The average Bonchev–Trinajstić information content (AvgIpc) is 2.96. The van der Waals surface area contributed by atoms with E-state index in [0.29, 0.717) is 13.2 Å². The van der Waals surface area contributed by atoms with Crippen LogP contribution in [-0.2, 0) is 23.6 Å². The zero-order valence-corrected chi connectivity index (χ0v) is 13.4. The van der Waals surface area contributed by atoms with E-state index in [0.717, 1.165) is 11.0 Å². The molecule has 2 aliphatic rings. The lowest BCUT2D eigenvalue weighted by Crippen LogP contribution is -2.63. The topological polar surface area (TPSA) is 91.6 Å². The van der Waals surface area contributed by atoms with Gasteiger partial charge in [0.25, 0.3) is 11.5 Å². The minimum Gasteiger partial charge on any atom is -0.384 e. The molecule has 2 fully saturated rings. The monoisotopic (exact) mass is 323 g/mol. The van der Waals surface area contributed by atoms with Crippen molar-refractivity contribution < 1.29 is 14.3 Å². The molecule has 0 aromatic carbocycles. The Morgan fingerprint density at radius 1 is 1.39 bits per heavy atom. The van der Waals surface area contributed by atoms with Crippen LogP contribution in [-0.4, -0.2) is 47.5 Å². The number of methoxy groups -OCH3 is 1. The standard InChI is InChI=1S/C15H21N3O5/c1-17-10(6-11(19)18(2)15(17)21)14(20)16-12-8-4-5-23-13(8)9(12)7-22-3/h6,8-9,12-13H,4-5,7H2,1-3H3,(H,16,20)/t8-,9+,12-,13-/m0/s1. The molecule has 2 heterocycles. The van der Waals surface area contributed by atoms with Crippen LogP contribution in [0.15, 0.2) is 15.7 Å². The van der Waals surface area contributed by atoms with Crippen LogP contribution in [0.3, 0.4) is 0 Å². The number of aromatic nitrogens is 2. The average molecular weight is 323 g/mol. The molecule has 8 heteroatoms. The molecule has 0 bridgehead atoms. The van der Waals surface area contributed by atoms with Gasteiger partial charge in [0.05, 0.1) is 12.7 Å². The third-order valence-corrected chi connectivity index (χ3v) is 4.94. The highest BCUT2D eigenvalue weighted by Crippen LogP contribution is 2.43. The van der Waals surface area contributed by atoms with E-state index in [9.17, 15) is 14.4 Å². The van der Waals surface area contributed by atoms with Gasteiger partial charge < -0.3 is 14.8 Å². The van der Waals surface area contributed by atoms with Crippen molar-refractivity contribution in [1.82, 2.24) is 14.5 Å². The van der Waals surface area contributed by atoms with Gasteiger partial charge in [-0.1, -0.05) is 0 Å². The lowest BCUT2D eigenvalue weighted by Gasteiger charge is -2.47. The van der Waals surface area contributed by atoms with Crippen LogP contribution >= 0.6 is 0 Å². The molecule has 4 atom stereocenters. The second-order valence-corrected chi connectivity index (χ2v) is 6.17. The Kier molecular flexibility index (Phi) is 4.11. The van der Waals surface area contributed by atoms with E-state index >= 15 is 0 Å². The van der Waals surface area contributed by atoms with Crippen molar-refractivity contribution >= 4 is 5.91 Å². The normalized spacial score (nSPS) is 29.0. The molecule has 126 valence electrons. The van der Waals surface area contributed by atoms with Gasteiger partial charge >= 0.3 is 5.69 Å². The van der Waals surface area contributed by atoms with Crippen LogP contribution in [0, 0.1) is 11.8 Å². The molecule has 0 radical (unpaired) electrons. The first kappa shape index (κ1) is 15.9. The smallest absolute Gasteiger partial charge is 0.331 e. The van der Waals surface area contributed by atoms with Crippen LogP contribution in [0.5, 0.6) is 0 Å². The Hall–Kier alpha value is -1.93. The fourth-order valence-electron chi connectivity index (χ4n) is 3.61. The molecule has 1 saturated carbocycles. The second-order valence-electron chi connectivity index (χ2n) is 6.17. The molecule has 1 aliphatic heterocycles. The van der Waals surface area contributed by atoms with Crippen molar-refractivity contribution in [3.05, 3.63) is 32.6 Å². The van der Waals surface area contributed by atoms with Gasteiger partial charge in [-0.2, -0.15) is 0 Å². The molecule has 1 aromatic heterocycles. The van der Waals surface area contributed by atoms with Gasteiger partial charge in [-0.25, -0.2) is 4.79 Å². The number of rotatable bonds is 4. The van der Waals surface area contributed by atoms with E-state index in [4.69, 9.17) is 9.47 Å². The minimum atomic E-state index is -0.522. The summed E-state index contributed by atoms with van der Waals surface area (Å²) in [7, 11) is 4.48. The molecule has 1 aliphatic carbocycles. The lowest BCUT2D eigenvalue weighted by atomic mass is 9.67. The van der Waals surface area contributed by atoms with Crippen molar-refractivity contribution in [3.63, 3.8) is 0 Å². The molecule has 1 aromatic rings. The maximum absolute atomic E-state index is 12.5. The van der Waals surface area contributed by atoms with Gasteiger partial charge in [0, 0.05) is 51.8 Å². The van der Waals surface area contributed by atoms with Gasteiger partial charge in [-0.15, -0.1) is 0 Å². The first-order valence-corrected chi connectivity index (χ1v) is 7.64. The summed E-state index contributed by atoms with van der Waals surface area (Å²) in [5.41, 5.74) is -0.953. The van der Waals surface area contributed by atoms with Crippen LogP contribution in [0.25, 0.3) is 0 Å². The molecule has 1 saturated heterocycles. The highest BCUT2D eigenvalue weighted by molar-refractivity contribution is 5.92. The summed E-state index contributed by atoms with van der Waals surface area (Å²) < 4.78 is 13.0. The highest BCUT2D eigenvalue weighted by atomic mass is 16.5. The molecule has 3 rings (SSSR count). The number of ether oxygens (including phenoxy) is 2. The quantitative estimate of drug-likeness (QED) is 0.756. The summed E-state index contributed by atoms with van der Waals surface area (Å²) in [6.45, 7) is 1.19. The highest BCUT2D eigenvalue weighted by Gasteiger charge is 2.54. The van der Waals surface area contributed by atoms with E-state index < -0.39 is 17.2 Å². The number of hydrogen-bond acceptors (Lipinski definition) is 5. The Morgan fingerprint density at radius 3 is 2.83 bits per heavy atom. The van der Waals surface area contributed by atoms with Crippen molar-refractivity contribution in [2.24, 2.45) is 25.9 Å². The summed E-state index contributed by atoms with van der Waals surface area (Å²) in [6.07, 6.45) is 1.01. The Bertz CT molecular complexity index is 738. The summed E-state index contributed by atoms with van der Waals surface area (Å²) in [6, 6.07) is 1.12. The maximum atomic E-state index is 12.5. The number of carbonyl (C=O) groups is 1. The van der Waals surface area contributed by atoms with Crippen molar-refractivity contribution in [2.75, 3.05) is 20.3 Å². The van der Waals surface area contributed by atoms with Gasteiger partial charge in [0.15, 0.2) is 0 Å². The summed E-state index contributed by atoms with van der Waals surface area (Å²) in [5, 5.41) is 2.95. The zero-order valence-electron chi connectivity index (χ0n) is 13.4. The Morgan fingerprint density at radius 2 is 2.13 bits per heavy atom. The summed E-state index contributed by atoms with van der Waals surface area (Å²) in [5.74, 6) is -0.0542. The molecule has 0 spiro atoms. The van der Waals surface area contributed by atoms with Crippen LogP contribution in [0.1, 0.15) is 16.9 Å². The van der Waals surface area contributed by atoms with E-state index in [-0.39, 0.29) is 29.7 Å². The predicted molar refractivity (Wildman–Crippen MR) is 81.4 cm³/mol. The molecule has 1 amide bonds. The van der Waals surface area contributed by atoms with Crippen molar-refractivity contribution in [1.29, 1.82) is 0 Å². The Balaban J connectivity index is 1.82. The van der Waals surface area contributed by atoms with E-state index in [1.807, 2.05) is 0 Å². The summed E-state index contributed by atoms with van der Waals surface area (Å²) >= 11 is 0. The lowest BCUT2D eigenvalue weighted by molar-refractivity contribution is -0.0810. The number of fused-ring (bicyclic) bond motifs is 1. The first-order valence-electron chi connectivity index (χ1n) is 7.64. The fourth-order valence-corrected chi connectivity index (χ4v) is 3.61. The molecule has 8 nitrogen and oxygen atoms in total. The number of nitrogens with zero attached hydrogens (tertiary/aromatic N) is 2. The number of nitrogens with one attached hydrogen (secondary N) is 1. The van der Waals surface area contributed by atoms with Gasteiger partial charge in [0.2, 0.25) is 0 Å². The number of amides is 1. The van der Waals surface area contributed by atoms with Crippen LogP contribution < -0.4 is 16.6 Å².